The molecule has 2 amide bonds. The van der Waals surface area contributed by atoms with Crippen LogP contribution in [0.15, 0.2) is 0 Å². The highest BCUT2D eigenvalue weighted by Gasteiger charge is 2.58. The van der Waals surface area contributed by atoms with Gasteiger partial charge >= 0.3 is 0 Å². The van der Waals surface area contributed by atoms with Gasteiger partial charge in [0.05, 0.1) is 11.8 Å². The predicted octanol–water partition coefficient (Wildman–Crippen LogP) is 0.756. The summed E-state index contributed by atoms with van der Waals surface area (Å²) < 4.78 is 0. The molecule has 2 N–H and O–H groups in total. The molecule has 1 aliphatic carbocycles. The van der Waals surface area contributed by atoms with Crippen molar-refractivity contribution < 1.29 is 9.59 Å². The minimum absolute atomic E-state index is 0.0371. The molecule has 90 valence electrons. The van der Waals surface area contributed by atoms with Crippen LogP contribution in [0.5, 0.6) is 0 Å². The first-order valence-electron chi connectivity index (χ1n) is 6.01. The second-order valence-electron chi connectivity index (χ2n) is 5.75. The number of imide groups is 1. The number of likely N-dealkylation sites (tertiary alicyclic amines) is 1. The molecule has 0 spiro atoms. The summed E-state index contributed by atoms with van der Waals surface area (Å²) in [5.41, 5.74) is 5.74. The molecule has 4 nitrogen and oxygen atoms in total. The fourth-order valence-corrected chi connectivity index (χ4v) is 2.29. The summed E-state index contributed by atoms with van der Waals surface area (Å²) in [6.07, 6.45) is 2.61. The zero-order valence-electron chi connectivity index (χ0n) is 10.0. The van der Waals surface area contributed by atoms with Crippen LogP contribution in [0, 0.1) is 17.3 Å². The second-order valence-corrected chi connectivity index (χ2v) is 5.75. The van der Waals surface area contributed by atoms with Crippen LogP contribution in [0.2, 0.25) is 0 Å². The first-order chi connectivity index (χ1) is 7.46. The van der Waals surface area contributed by atoms with Gasteiger partial charge in [0.15, 0.2) is 0 Å². The Morgan fingerprint density at radius 1 is 1.31 bits per heavy atom. The van der Waals surface area contributed by atoms with Crippen LogP contribution >= 0.6 is 0 Å². The highest BCUT2D eigenvalue weighted by molar-refractivity contribution is 6.08. The largest absolute Gasteiger partial charge is 0.330 e. The average Bonchev–Trinajstić information content (AvgIpc) is 2.98. The molecule has 2 unspecified atom stereocenters. The Morgan fingerprint density at radius 2 is 1.88 bits per heavy atom. The number of nitrogens with two attached hydrogens (primary N) is 1. The van der Waals surface area contributed by atoms with Crippen LogP contribution in [-0.2, 0) is 9.59 Å². The normalized spacial score (nSPS) is 28.6. The third-order valence-corrected chi connectivity index (χ3v) is 3.74. The third kappa shape index (κ3) is 1.98. The van der Waals surface area contributed by atoms with Crippen molar-refractivity contribution in [2.75, 3.05) is 13.1 Å². The number of amides is 2. The molecule has 1 heterocycles. The van der Waals surface area contributed by atoms with Gasteiger partial charge in [0, 0.05) is 6.54 Å². The molecular formula is C12H20N2O2. The van der Waals surface area contributed by atoms with Crippen LogP contribution in [0.3, 0.4) is 0 Å². The van der Waals surface area contributed by atoms with Crippen LogP contribution in [0.1, 0.15) is 33.1 Å². The van der Waals surface area contributed by atoms with Crippen molar-refractivity contribution in [3.63, 3.8) is 0 Å². The molecule has 4 heteroatoms. The summed E-state index contributed by atoms with van der Waals surface area (Å²) in [5, 5.41) is 0. The molecule has 16 heavy (non-hydrogen) atoms. The Labute approximate surface area is 96.2 Å². The third-order valence-electron chi connectivity index (χ3n) is 3.74. The maximum Gasteiger partial charge on any atom is 0.233 e. The molecule has 1 aliphatic heterocycles. The van der Waals surface area contributed by atoms with E-state index in [1.807, 2.05) is 0 Å². The van der Waals surface area contributed by atoms with Crippen LogP contribution in [0.4, 0.5) is 0 Å². The van der Waals surface area contributed by atoms with Gasteiger partial charge < -0.3 is 5.73 Å². The fraction of sp³-hybridized carbons (Fsp3) is 0.833. The van der Waals surface area contributed by atoms with E-state index in [2.05, 4.69) is 13.8 Å². The summed E-state index contributed by atoms with van der Waals surface area (Å²) in [4.78, 5) is 24.8. The Bertz CT molecular complexity index is 305. The van der Waals surface area contributed by atoms with Gasteiger partial charge in [0.25, 0.3) is 0 Å². The first-order valence-corrected chi connectivity index (χ1v) is 6.01. The van der Waals surface area contributed by atoms with Crippen molar-refractivity contribution in [1.29, 1.82) is 0 Å². The minimum atomic E-state index is 0.0371. The first kappa shape index (κ1) is 11.6. The standard InChI is InChI=1S/C12H20N2O2/c1-12(2,7-13)4-3-5-14-10(15)8-6-9(8)11(14)16/h8-9H,3-7,13H2,1-2H3. The lowest BCUT2D eigenvalue weighted by Crippen LogP contribution is -2.34. The summed E-state index contributed by atoms with van der Waals surface area (Å²) in [6, 6.07) is 0. The van der Waals surface area contributed by atoms with E-state index in [4.69, 9.17) is 5.73 Å². The maximum atomic E-state index is 11.7. The highest BCUT2D eigenvalue weighted by Crippen LogP contribution is 2.47. The molecule has 2 aliphatic rings. The van der Waals surface area contributed by atoms with Crippen LogP contribution in [0.25, 0.3) is 0 Å². The zero-order valence-corrected chi connectivity index (χ0v) is 10.0. The zero-order chi connectivity index (χ0) is 11.9. The van der Waals surface area contributed by atoms with Crippen molar-refractivity contribution in [2.24, 2.45) is 23.0 Å². The van der Waals surface area contributed by atoms with E-state index in [0.717, 1.165) is 19.3 Å². The number of nitrogens with zero attached hydrogens (tertiary/aromatic N) is 1. The highest BCUT2D eigenvalue weighted by atomic mass is 16.2. The molecule has 0 aromatic rings. The van der Waals surface area contributed by atoms with Crippen LogP contribution in [-0.4, -0.2) is 29.8 Å². The predicted molar refractivity (Wildman–Crippen MR) is 60.4 cm³/mol. The van der Waals surface area contributed by atoms with Crippen molar-refractivity contribution in [1.82, 2.24) is 4.90 Å². The molecule has 0 radical (unpaired) electrons. The molecule has 0 aromatic heterocycles. The smallest absolute Gasteiger partial charge is 0.233 e. The molecule has 2 atom stereocenters. The SMILES string of the molecule is CC(C)(CN)CCCN1C(=O)C2CC2C1=O. The number of carbonyl (C=O) groups is 2. The lowest BCUT2D eigenvalue weighted by molar-refractivity contribution is -0.141. The van der Waals surface area contributed by atoms with Gasteiger partial charge in [0.2, 0.25) is 11.8 Å². The minimum Gasteiger partial charge on any atom is -0.330 e. The van der Waals surface area contributed by atoms with Gasteiger partial charge in [0.1, 0.15) is 0 Å². The summed E-state index contributed by atoms with van der Waals surface area (Å²) in [5.74, 6) is 0.186. The molecule has 0 aromatic carbocycles. The van der Waals surface area contributed by atoms with Gasteiger partial charge in [-0.05, 0) is 31.2 Å². The van der Waals surface area contributed by atoms with Gasteiger partial charge in [-0.2, -0.15) is 0 Å². The number of carbonyl (C=O) groups excluding carboxylic acids is 2. The van der Waals surface area contributed by atoms with E-state index in [0.29, 0.717) is 13.1 Å². The number of piperidine rings is 1. The molecule has 0 bridgehead atoms. The molecule has 2 rings (SSSR count). The lowest BCUT2D eigenvalue weighted by Gasteiger charge is -2.24. The Kier molecular flexibility index (Phi) is 2.78. The van der Waals surface area contributed by atoms with Crippen LogP contribution < -0.4 is 5.73 Å². The van der Waals surface area contributed by atoms with Crippen molar-refractivity contribution in [2.45, 2.75) is 33.1 Å². The number of hydrogen-bond donors (Lipinski definition) is 1. The van der Waals surface area contributed by atoms with Gasteiger partial charge in [-0.3, -0.25) is 14.5 Å². The molecule has 1 saturated heterocycles. The monoisotopic (exact) mass is 224 g/mol. The van der Waals surface area contributed by atoms with E-state index in [1.54, 1.807) is 0 Å². The van der Waals surface area contributed by atoms with Crippen molar-refractivity contribution >= 4 is 11.8 Å². The molecule has 2 fully saturated rings. The fourth-order valence-electron chi connectivity index (χ4n) is 2.29. The lowest BCUT2D eigenvalue weighted by atomic mass is 9.88. The van der Waals surface area contributed by atoms with Gasteiger partial charge in [-0.15, -0.1) is 0 Å². The number of hydrogen-bond acceptors (Lipinski definition) is 3. The Balaban J connectivity index is 1.79. The van der Waals surface area contributed by atoms with E-state index >= 15 is 0 Å². The second kappa shape index (κ2) is 3.84. The topological polar surface area (TPSA) is 63.4 Å². The number of fused-ring (bicyclic) bond motifs is 1. The summed E-state index contributed by atoms with van der Waals surface area (Å²) >= 11 is 0. The molecular weight excluding hydrogens is 204 g/mol. The van der Waals surface area contributed by atoms with Gasteiger partial charge in [-0.1, -0.05) is 13.8 Å². The summed E-state index contributed by atoms with van der Waals surface area (Å²) in [6.45, 7) is 5.43. The Hall–Kier alpha value is -0.900. The van der Waals surface area contributed by atoms with E-state index in [-0.39, 0.29) is 29.1 Å². The summed E-state index contributed by atoms with van der Waals surface area (Å²) in [7, 11) is 0. The van der Waals surface area contributed by atoms with E-state index in [9.17, 15) is 9.59 Å². The van der Waals surface area contributed by atoms with E-state index < -0.39 is 0 Å². The quantitative estimate of drug-likeness (QED) is 0.701. The number of rotatable bonds is 5. The maximum absolute atomic E-state index is 11.7. The van der Waals surface area contributed by atoms with Crippen molar-refractivity contribution in [3.05, 3.63) is 0 Å². The Morgan fingerprint density at radius 3 is 2.38 bits per heavy atom. The van der Waals surface area contributed by atoms with E-state index in [1.165, 1.54) is 4.90 Å². The van der Waals surface area contributed by atoms with Gasteiger partial charge in [-0.25, -0.2) is 0 Å². The average molecular weight is 224 g/mol. The van der Waals surface area contributed by atoms with Crippen molar-refractivity contribution in [3.8, 4) is 0 Å². The molecule has 1 saturated carbocycles.